The molecule has 0 amide bonds. The number of hydrogen-bond donors (Lipinski definition) is 3. The summed E-state index contributed by atoms with van der Waals surface area (Å²) in [5, 5.41) is 6.83. The van der Waals surface area contributed by atoms with Crippen molar-refractivity contribution in [3.63, 3.8) is 0 Å². The first-order valence-electron chi connectivity index (χ1n) is 5.15. The van der Waals surface area contributed by atoms with Crippen LogP contribution in [0.25, 0.3) is 0 Å². The third-order valence-corrected chi connectivity index (χ3v) is 3.15. The number of rotatable bonds is 5. The van der Waals surface area contributed by atoms with E-state index in [1.807, 2.05) is 16.8 Å². The van der Waals surface area contributed by atoms with Crippen LogP contribution in [-0.2, 0) is 6.42 Å². The molecule has 2 aromatic heterocycles. The van der Waals surface area contributed by atoms with Gasteiger partial charge < -0.3 is 10.7 Å². The summed E-state index contributed by atoms with van der Waals surface area (Å²) in [6, 6.07) is 2.02. The molecule has 0 aliphatic rings. The number of nitrogens with zero attached hydrogens (tertiary/aromatic N) is 2. The normalized spacial score (nSPS) is 10.4. The zero-order valence-electron chi connectivity index (χ0n) is 9.28. The van der Waals surface area contributed by atoms with Crippen LogP contribution in [0.3, 0.4) is 0 Å². The van der Waals surface area contributed by atoms with Crippen molar-refractivity contribution in [1.29, 1.82) is 0 Å². The summed E-state index contributed by atoms with van der Waals surface area (Å²) >= 11 is 7.28. The second-order valence-corrected chi connectivity index (χ2v) is 4.57. The number of anilines is 2. The average Bonchev–Trinajstić information content (AvgIpc) is 2.86. The van der Waals surface area contributed by atoms with Gasteiger partial charge in [0.25, 0.3) is 0 Å². The average molecular weight is 288 g/mol. The molecule has 4 N–H and O–H groups in total. The largest absolute Gasteiger partial charge is 0.367 e. The highest BCUT2D eigenvalue weighted by Crippen LogP contribution is 2.20. The van der Waals surface area contributed by atoms with E-state index >= 15 is 0 Å². The molecule has 8 heteroatoms. The Morgan fingerprint density at radius 2 is 2.17 bits per heavy atom. The van der Waals surface area contributed by atoms with Crippen LogP contribution in [0.1, 0.15) is 5.56 Å². The number of halogens is 2. The summed E-state index contributed by atoms with van der Waals surface area (Å²) in [6.45, 7) is 0.547. The highest BCUT2D eigenvalue weighted by atomic mass is 35.5. The minimum absolute atomic E-state index is 0.0400. The molecule has 5 nitrogen and oxygen atoms in total. The van der Waals surface area contributed by atoms with Crippen molar-refractivity contribution in [1.82, 2.24) is 9.97 Å². The summed E-state index contributed by atoms with van der Waals surface area (Å²) in [5.74, 6) is 4.39. The van der Waals surface area contributed by atoms with Gasteiger partial charge >= 0.3 is 0 Å². The van der Waals surface area contributed by atoms with Crippen molar-refractivity contribution < 1.29 is 4.39 Å². The molecule has 0 saturated heterocycles. The standard InChI is InChI=1S/C10H11ClFN5S/c11-10-15-8(7(12)9(16-10)17-13)14-3-1-6-2-4-18-5-6/h2,4-5H,1,3,13H2,(H2,14,15,16,17). The highest BCUT2D eigenvalue weighted by Gasteiger charge is 2.12. The predicted molar refractivity (Wildman–Crippen MR) is 71.3 cm³/mol. The highest BCUT2D eigenvalue weighted by molar-refractivity contribution is 7.07. The van der Waals surface area contributed by atoms with E-state index in [0.29, 0.717) is 6.54 Å². The Hall–Kier alpha value is -1.44. The first-order valence-corrected chi connectivity index (χ1v) is 6.47. The number of hydrazine groups is 1. The lowest BCUT2D eigenvalue weighted by Gasteiger charge is -2.08. The van der Waals surface area contributed by atoms with Gasteiger partial charge in [0.1, 0.15) is 0 Å². The topological polar surface area (TPSA) is 75.9 Å². The van der Waals surface area contributed by atoms with Gasteiger partial charge in [0.05, 0.1) is 0 Å². The molecule has 0 aliphatic carbocycles. The Kier molecular flexibility index (Phi) is 4.29. The predicted octanol–water partition coefficient (Wildman–Crippen LogP) is 2.27. The molecule has 2 aromatic rings. The van der Waals surface area contributed by atoms with Gasteiger partial charge in [-0.15, -0.1) is 0 Å². The molecule has 0 bridgehead atoms. The fourth-order valence-electron chi connectivity index (χ4n) is 1.39. The van der Waals surface area contributed by atoms with Gasteiger partial charge in [0, 0.05) is 6.54 Å². The van der Waals surface area contributed by atoms with Gasteiger partial charge in [0.2, 0.25) is 11.1 Å². The van der Waals surface area contributed by atoms with Gasteiger partial charge in [0.15, 0.2) is 11.6 Å². The molecule has 0 fully saturated rings. The second-order valence-electron chi connectivity index (χ2n) is 3.46. The van der Waals surface area contributed by atoms with Crippen molar-refractivity contribution in [2.45, 2.75) is 6.42 Å². The van der Waals surface area contributed by atoms with Crippen molar-refractivity contribution in [2.24, 2.45) is 5.84 Å². The monoisotopic (exact) mass is 287 g/mol. The van der Waals surface area contributed by atoms with E-state index in [0.717, 1.165) is 6.42 Å². The maximum Gasteiger partial charge on any atom is 0.226 e. The SMILES string of the molecule is NNc1nc(Cl)nc(NCCc2ccsc2)c1F. The molecule has 2 heterocycles. The van der Waals surface area contributed by atoms with Crippen LogP contribution >= 0.6 is 22.9 Å². The third kappa shape index (κ3) is 3.06. The summed E-state index contributed by atoms with van der Waals surface area (Å²) < 4.78 is 13.7. The number of nitrogens with one attached hydrogen (secondary N) is 2. The summed E-state index contributed by atoms with van der Waals surface area (Å²) in [5.41, 5.74) is 3.32. The molecular weight excluding hydrogens is 277 g/mol. The van der Waals surface area contributed by atoms with E-state index in [2.05, 4.69) is 20.7 Å². The van der Waals surface area contributed by atoms with Gasteiger partial charge in [-0.3, -0.25) is 0 Å². The van der Waals surface area contributed by atoms with Crippen LogP contribution in [0, 0.1) is 5.82 Å². The van der Waals surface area contributed by atoms with E-state index in [-0.39, 0.29) is 16.9 Å². The van der Waals surface area contributed by atoms with Gasteiger partial charge in [-0.1, -0.05) is 0 Å². The minimum Gasteiger partial charge on any atom is -0.367 e. The van der Waals surface area contributed by atoms with E-state index in [1.54, 1.807) is 11.3 Å². The van der Waals surface area contributed by atoms with Crippen molar-refractivity contribution in [3.05, 3.63) is 33.5 Å². The van der Waals surface area contributed by atoms with Crippen molar-refractivity contribution in [3.8, 4) is 0 Å². The van der Waals surface area contributed by atoms with Crippen LogP contribution in [0.15, 0.2) is 16.8 Å². The number of nitrogens with two attached hydrogens (primary N) is 1. The summed E-state index contributed by atoms with van der Waals surface area (Å²) in [4.78, 5) is 7.39. The van der Waals surface area contributed by atoms with Crippen LogP contribution in [0.2, 0.25) is 5.28 Å². The molecule has 0 saturated carbocycles. The maximum atomic E-state index is 13.7. The molecule has 0 aromatic carbocycles. The Bertz CT molecular complexity index is 519. The smallest absolute Gasteiger partial charge is 0.226 e. The van der Waals surface area contributed by atoms with Gasteiger partial charge in [-0.2, -0.15) is 25.7 Å². The van der Waals surface area contributed by atoms with Gasteiger partial charge in [-0.05, 0) is 40.4 Å². The van der Waals surface area contributed by atoms with Crippen LogP contribution in [-0.4, -0.2) is 16.5 Å². The van der Waals surface area contributed by atoms with Crippen molar-refractivity contribution >= 4 is 34.6 Å². The summed E-state index contributed by atoms with van der Waals surface area (Å²) in [7, 11) is 0. The van der Waals surface area contributed by atoms with E-state index in [1.165, 1.54) is 5.56 Å². The second kappa shape index (κ2) is 5.94. The van der Waals surface area contributed by atoms with Crippen LogP contribution in [0.4, 0.5) is 16.0 Å². The molecule has 0 spiro atoms. The van der Waals surface area contributed by atoms with Crippen LogP contribution in [0.5, 0.6) is 0 Å². The number of aromatic nitrogens is 2. The third-order valence-electron chi connectivity index (χ3n) is 2.25. The fourth-order valence-corrected chi connectivity index (χ4v) is 2.26. The lowest BCUT2D eigenvalue weighted by Crippen LogP contribution is -2.14. The quantitative estimate of drug-likeness (QED) is 0.447. The first-order chi connectivity index (χ1) is 8.70. The first kappa shape index (κ1) is 13.0. The lowest BCUT2D eigenvalue weighted by molar-refractivity contribution is 0.620. The molecule has 96 valence electrons. The Morgan fingerprint density at radius 3 is 2.83 bits per heavy atom. The molecule has 0 aliphatic heterocycles. The fraction of sp³-hybridized carbons (Fsp3) is 0.200. The molecule has 0 radical (unpaired) electrons. The maximum absolute atomic E-state index is 13.7. The Labute approximate surface area is 112 Å². The zero-order chi connectivity index (χ0) is 13.0. The van der Waals surface area contributed by atoms with E-state index < -0.39 is 5.82 Å². The summed E-state index contributed by atoms with van der Waals surface area (Å²) in [6.07, 6.45) is 0.774. The molecule has 0 atom stereocenters. The van der Waals surface area contributed by atoms with Gasteiger partial charge in [-0.25, -0.2) is 5.84 Å². The molecule has 2 rings (SSSR count). The molecule has 18 heavy (non-hydrogen) atoms. The van der Waals surface area contributed by atoms with Crippen LogP contribution < -0.4 is 16.6 Å². The zero-order valence-corrected chi connectivity index (χ0v) is 10.9. The lowest BCUT2D eigenvalue weighted by atomic mass is 10.2. The van der Waals surface area contributed by atoms with Crippen molar-refractivity contribution in [2.75, 3.05) is 17.3 Å². The molecule has 0 unspecified atom stereocenters. The minimum atomic E-state index is -0.646. The molecular formula is C10H11ClFN5S. The number of nitrogen functional groups attached to an aromatic ring is 1. The Balaban J connectivity index is 2.02. The van der Waals surface area contributed by atoms with E-state index in [9.17, 15) is 4.39 Å². The number of hydrogen-bond acceptors (Lipinski definition) is 6. The Morgan fingerprint density at radius 1 is 1.39 bits per heavy atom. The number of thiophene rings is 1. The van der Waals surface area contributed by atoms with E-state index in [4.69, 9.17) is 17.4 Å².